The summed E-state index contributed by atoms with van der Waals surface area (Å²) in [5.41, 5.74) is -1.10. The number of benzene rings is 1. The van der Waals surface area contributed by atoms with Crippen molar-refractivity contribution < 1.29 is 26.3 Å². The fourth-order valence-electron chi connectivity index (χ4n) is 2.52. The highest BCUT2D eigenvalue weighted by Gasteiger charge is 2.35. The van der Waals surface area contributed by atoms with Crippen LogP contribution in [0.25, 0.3) is 0 Å². The Morgan fingerprint density at radius 1 is 1.40 bits per heavy atom. The van der Waals surface area contributed by atoms with Gasteiger partial charge in [0.1, 0.15) is 4.90 Å². The molecule has 1 atom stereocenters. The van der Waals surface area contributed by atoms with Crippen molar-refractivity contribution in [2.75, 3.05) is 19.7 Å². The number of ether oxygens (including phenoxy) is 1. The number of sulfonamides is 1. The Morgan fingerprint density at radius 2 is 2.12 bits per heavy atom. The molecule has 0 N–H and O–H groups in total. The van der Waals surface area contributed by atoms with Crippen LogP contribution >= 0.6 is 11.6 Å². The van der Waals surface area contributed by atoms with E-state index in [2.05, 4.69) is 0 Å². The first kappa shape index (κ1) is 20.0. The molecule has 1 heterocycles. The lowest BCUT2D eigenvalue weighted by molar-refractivity contribution is -0.137. The normalized spacial score (nSPS) is 18.5. The van der Waals surface area contributed by atoms with Crippen LogP contribution in [-0.4, -0.2) is 38.5 Å². The van der Waals surface area contributed by atoms with Crippen LogP contribution in [0.2, 0.25) is 5.02 Å². The van der Waals surface area contributed by atoms with E-state index in [9.17, 15) is 21.6 Å². The Morgan fingerprint density at radius 3 is 2.68 bits per heavy atom. The Hall–Kier alpha value is -1.34. The van der Waals surface area contributed by atoms with Gasteiger partial charge >= 0.3 is 6.18 Å². The van der Waals surface area contributed by atoms with Crippen LogP contribution in [0.15, 0.2) is 23.1 Å². The maximum atomic E-state index is 12.9. The van der Waals surface area contributed by atoms with Gasteiger partial charge in [-0.1, -0.05) is 11.6 Å². The van der Waals surface area contributed by atoms with Crippen molar-refractivity contribution in [3.05, 3.63) is 28.8 Å². The second-order valence-electron chi connectivity index (χ2n) is 5.55. The van der Waals surface area contributed by atoms with E-state index >= 15 is 0 Å². The van der Waals surface area contributed by atoms with E-state index in [-0.39, 0.29) is 30.6 Å². The van der Waals surface area contributed by atoms with Gasteiger partial charge in [0.2, 0.25) is 10.0 Å². The van der Waals surface area contributed by atoms with E-state index in [1.807, 2.05) is 6.07 Å². The summed E-state index contributed by atoms with van der Waals surface area (Å²) in [5.74, 6) is 0. The van der Waals surface area contributed by atoms with Crippen LogP contribution in [0, 0.1) is 11.3 Å². The Labute approximate surface area is 149 Å². The fourth-order valence-corrected chi connectivity index (χ4v) is 4.49. The summed E-state index contributed by atoms with van der Waals surface area (Å²) < 4.78 is 70.8. The van der Waals surface area contributed by atoms with Crippen molar-refractivity contribution in [1.29, 1.82) is 5.26 Å². The summed E-state index contributed by atoms with van der Waals surface area (Å²) in [7, 11) is -4.30. The van der Waals surface area contributed by atoms with Gasteiger partial charge in [-0.2, -0.15) is 22.7 Å². The molecule has 1 aromatic rings. The maximum absolute atomic E-state index is 12.9. The topological polar surface area (TPSA) is 70.4 Å². The number of alkyl halides is 3. The van der Waals surface area contributed by atoms with Crippen LogP contribution in [0.4, 0.5) is 13.2 Å². The summed E-state index contributed by atoms with van der Waals surface area (Å²) in [6, 6.07) is 3.99. The summed E-state index contributed by atoms with van der Waals surface area (Å²) in [6.45, 7) is 0.322. The molecule has 138 valence electrons. The van der Waals surface area contributed by atoms with Gasteiger partial charge in [-0.25, -0.2) is 8.42 Å². The lowest BCUT2D eigenvalue weighted by atomic mass is 10.2. The van der Waals surface area contributed by atoms with Crippen molar-refractivity contribution in [3.8, 4) is 6.07 Å². The SMILES string of the molecule is N#CCCN(CC1CCCO1)S(=O)(=O)c1cc(C(F)(F)F)ccc1Cl. The van der Waals surface area contributed by atoms with Gasteiger partial charge in [0.15, 0.2) is 0 Å². The predicted molar refractivity (Wildman–Crippen MR) is 84.4 cm³/mol. The number of rotatable bonds is 6. The number of nitrogens with zero attached hydrogens (tertiary/aromatic N) is 2. The number of halogens is 4. The molecule has 2 rings (SSSR count). The van der Waals surface area contributed by atoms with Crippen molar-refractivity contribution in [2.45, 2.75) is 36.4 Å². The maximum Gasteiger partial charge on any atom is 0.416 e. The van der Waals surface area contributed by atoms with Gasteiger partial charge in [0.05, 0.1) is 22.8 Å². The minimum atomic E-state index is -4.69. The molecule has 1 saturated heterocycles. The zero-order valence-corrected chi connectivity index (χ0v) is 14.7. The van der Waals surface area contributed by atoms with Crippen LogP contribution in [0.3, 0.4) is 0 Å². The average molecular weight is 397 g/mol. The minimum Gasteiger partial charge on any atom is -0.377 e. The monoisotopic (exact) mass is 396 g/mol. The molecule has 0 amide bonds. The zero-order valence-electron chi connectivity index (χ0n) is 13.1. The predicted octanol–water partition coefficient (Wildman–Crippen LogP) is 3.44. The standard InChI is InChI=1S/C15H16ClF3N2O3S/c16-13-5-4-11(15(17,18)19)9-14(13)25(22,23)21(7-2-6-20)10-12-3-1-8-24-12/h4-5,9,12H,1-3,7-8,10H2. The highest BCUT2D eigenvalue weighted by atomic mass is 35.5. The first-order valence-corrected chi connectivity index (χ1v) is 9.33. The molecule has 0 aromatic heterocycles. The second kappa shape index (κ2) is 7.91. The molecule has 0 aliphatic carbocycles. The summed E-state index contributed by atoms with van der Waals surface area (Å²) >= 11 is 5.86. The summed E-state index contributed by atoms with van der Waals surface area (Å²) in [4.78, 5) is -0.625. The highest BCUT2D eigenvalue weighted by molar-refractivity contribution is 7.89. The zero-order chi connectivity index (χ0) is 18.7. The third-order valence-electron chi connectivity index (χ3n) is 3.78. The van der Waals surface area contributed by atoms with Crippen LogP contribution in [-0.2, 0) is 20.9 Å². The first-order valence-electron chi connectivity index (χ1n) is 7.51. The van der Waals surface area contributed by atoms with Crippen LogP contribution < -0.4 is 0 Å². The van der Waals surface area contributed by atoms with Gasteiger partial charge in [0.25, 0.3) is 0 Å². The molecule has 0 spiro atoms. The molecular weight excluding hydrogens is 381 g/mol. The first-order chi connectivity index (χ1) is 11.7. The van der Waals surface area contributed by atoms with Crippen molar-refractivity contribution in [2.24, 2.45) is 0 Å². The molecule has 25 heavy (non-hydrogen) atoms. The molecule has 5 nitrogen and oxygen atoms in total. The van der Waals surface area contributed by atoms with Crippen LogP contribution in [0.1, 0.15) is 24.8 Å². The average Bonchev–Trinajstić information content (AvgIpc) is 3.03. The second-order valence-corrected chi connectivity index (χ2v) is 7.86. The molecule has 1 unspecified atom stereocenters. The molecule has 1 aromatic carbocycles. The molecule has 10 heteroatoms. The smallest absolute Gasteiger partial charge is 0.377 e. The molecule has 1 aliphatic rings. The van der Waals surface area contributed by atoms with Gasteiger partial charge in [-0.3, -0.25) is 0 Å². The molecule has 1 aliphatic heterocycles. The van der Waals surface area contributed by atoms with E-state index in [4.69, 9.17) is 21.6 Å². The van der Waals surface area contributed by atoms with E-state index in [1.165, 1.54) is 0 Å². The fraction of sp³-hybridized carbons (Fsp3) is 0.533. The van der Waals surface area contributed by atoms with Gasteiger partial charge in [-0.15, -0.1) is 0 Å². The lowest BCUT2D eigenvalue weighted by Crippen LogP contribution is -2.38. The Bertz CT molecular complexity index is 756. The molecule has 0 radical (unpaired) electrons. The lowest BCUT2D eigenvalue weighted by Gasteiger charge is -2.24. The molecule has 0 saturated carbocycles. The van der Waals surface area contributed by atoms with Crippen molar-refractivity contribution in [3.63, 3.8) is 0 Å². The Balaban J connectivity index is 2.39. The highest BCUT2D eigenvalue weighted by Crippen LogP contribution is 2.34. The van der Waals surface area contributed by atoms with Crippen molar-refractivity contribution >= 4 is 21.6 Å². The van der Waals surface area contributed by atoms with Gasteiger partial charge in [-0.05, 0) is 31.0 Å². The summed E-state index contributed by atoms with van der Waals surface area (Å²) in [5, 5.41) is 8.44. The molecular formula is C15H16ClF3N2O3S. The molecule has 0 bridgehead atoms. The van der Waals surface area contributed by atoms with E-state index in [0.717, 1.165) is 22.9 Å². The van der Waals surface area contributed by atoms with Crippen molar-refractivity contribution in [1.82, 2.24) is 4.31 Å². The molecule has 1 fully saturated rings. The van der Waals surface area contributed by atoms with Gasteiger partial charge < -0.3 is 4.74 Å². The minimum absolute atomic E-state index is 0.0312. The van der Waals surface area contributed by atoms with E-state index < -0.39 is 26.7 Å². The number of hydrogen-bond donors (Lipinski definition) is 0. The van der Waals surface area contributed by atoms with E-state index in [0.29, 0.717) is 19.1 Å². The van der Waals surface area contributed by atoms with Crippen LogP contribution in [0.5, 0.6) is 0 Å². The largest absolute Gasteiger partial charge is 0.416 e. The van der Waals surface area contributed by atoms with E-state index in [1.54, 1.807) is 0 Å². The quantitative estimate of drug-likeness (QED) is 0.738. The third kappa shape index (κ3) is 4.85. The van der Waals surface area contributed by atoms with Gasteiger partial charge in [0, 0.05) is 26.1 Å². The third-order valence-corrected chi connectivity index (χ3v) is 6.13. The number of hydrogen-bond acceptors (Lipinski definition) is 4. The Kier molecular flexibility index (Phi) is 6.32. The number of nitriles is 1. The summed E-state index contributed by atoms with van der Waals surface area (Å²) in [6.07, 6.45) is -3.71.